The molecule has 10 heteroatoms. The van der Waals surface area contributed by atoms with Gasteiger partial charge in [0.1, 0.15) is 18.0 Å². The highest BCUT2D eigenvalue weighted by Crippen LogP contribution is 2.33. The monoisotopic (exact) mass is 444 g/mol. The molecule has 0 aliphatic carbocycles. The number of ether oxygens (including phenoxy) is 2. The lowest BCUT2D eigenvalue weighted by Crippen LogP contribution is -2.40. The van der Waals surface area contributed by atoms with E-state index in [1.165, 1.54) is 20.3 Å². The van der Waals surface area contributed by atoms with Crippen LogP contribution in [0.15, 0.2) is 61.2 Å². The molecule has 0 aliphatic rings. The average Bonchev–Trinajstić information content (AvgIpc) is 3.29. The molecule has 0 saturated heterocycles. The molecule has 9 nitrogen and oxygen atoms in total. The van der Waals surface area contributed by atoms with Crippen LogP contribution in [0.1, 0.15) is 5.56 Å². The lowest BCUT2D eigenvalue weighted by molar-refractivity contribution is -0.119. The van der Waals surface area contributed by atoms with Crippen LogP contribution in [0.25, 0.3) is 5.69 Å². The summed E-state index contributed by atoms with van der Waals surface area (Å²) in [4.78, 5) is 16.7. The number of carbonyl (C=O) groups is 1. The Morgan fingerprint density at radius 3 is 2.58 bits per heavy atom. The van der Waals surface area contributed by atoms with Crippen molar-refractivity contribution in [3.8, 4) is 17.2 Å². The smallest absolute Gasteiger partial charge is 0.241 e. The highest BCUT2D eigenvalue weighted by molar-refractivity contribution is 7.92. The van der Waals surface area contributed by atoms with E-state index in [1.807, 2.05) is 28.8 Å². The first-order valence-corrected chi connectivity index (χ1v) is 11.2. The van der Waals surface area contributed by atoms with Gasteiger partial charge in [-0.2, -0.15) is 0 Å². The van der Waals surface area contributed by atoms with E-state index in [4.69, 9.17) is 9.47 Å². The number of rotatable bonds is 9. The minimum absolute atomic E-state index is 0.221. The minimum Gasteiger partial charge on any atom is -0.497 e. The second-order valence-corrected chi connectivity index (χ2v) is 8.59. The number of hydrogen-bond acceptors (Lipinski definition) is 6. The standard InChI is InChI=1S/C21H24N4O5S/c1-29-17-8-9-20(30-2)19(12-17)25(31(3,27)28)14-21(26)23-13-16-6-4-5-7-18(16)24-11-10-22-15-24/h4-12,15H,13-14H2,1-3H3,(H,23,26). The van der Waals surface area contributed by atoms with Gasteiger partial charge >= 0.3 is 0 Å². The van der Waals surface area contributed by atoms with Crippen LogP contribution in [0.5, 0.6) is 11.5 Å². The van der Waals surface area contributed by atoms with Crippen molar-refractivity contribution in [1.29, 1.82) is 0 Å². The fourth-order valence-electron chi connectivity index (χ4n) is 3.07. The first kappa shape index (κ1) is 22.2. The van der Waals surface area contributed by atoms with Crippen molar-refractivity contribution in [2.45, 2.75) is 6.54 Å². The maximum absolute atomic E-state index is 12.7. The van der Waals surface area contributed by atoms with Crippen LogP contribution >= 0.6 is 0 Å². The Balaban J connectivity index is 1.80. The summed E-state index contributed by atoms with van der Waals surface area (Å²) in [7, 11) is -0.870. The lowest BCUT2D eigenvalue weighted by atomic mass is 10.1. The van der Waals surface area contributed by atoms with E-state index >= 15 is 0 Å². The quantitative estimate of drug-likeness (QED) is 0.541. The molecule has 0 unspecified atom stereocenters. The molecule has 1 amide bonds. The predicted molar refractivity (Wildman–Crippen MR) is 117 cm³/mol. The number of sulfonamides is 1. The number of para-hydroxylation sites is 1. The van der Waals surface area contributed by atoms with E-state index in [-0.39, 0.29) is 12.2 Å². The highest BCUT2D eigenvalue weighted by atomic mass is 32.2. The van der Waals surface area contributed by atoms with Gasteiger partial charge in [-0.25, -0.2) is 13.4 Å². The lowest BCUT2D eigenvalue weighted by Gasteiger charge is -2.24. The van der Waals surface area contributed by atoms with Gasteiger partial charge in [-0.15, -0.1) is 0 Å². The van der Waals surface area contributed by atoms with Crippen LogP contribution < -0.4 is 19.1 Å². The molecule has 1 N–H and O–H groups in total. The van der Waals surface area contributed by atoms with E-state index in [2.05, 4.69) is 10.3 Å². The fraction of sp³-hybridized carbons (Fsp3) is 0.238. The van der Waals surface area contributed by atoms with Gasteiger partial charge < -0.3 is 19.4 Å². The normalized spacial score (nSPS) is 11.1. The van der Waals surface area contributed by atoms with Gasteiger partial charge in [0.05, 0.1) is 38.2 Å². The zero-order valence-electron chi connectivity index (χ0n) is 17.5. The number of aromatic nitrogens is 2. The number of amides is 1. The summed E-state index contributed by atoms with van der Waals surface area (Å²) < 4.78 is 38.2. The van der Waals surface area contributed by atoms with Crippen molar-refractivity contribution in [2.75, 3.05) is 31.3 Å². The van der Waals surface area contributed by atoms with Gasteiger partial charge in [0.2, 0.25) is 15.9 Å². The number of nitrogens with one attached hydrogen (secondary N) is 1. The summed E-state index contributed by atoms with van der Waals surface area (Å²) in [6.45, 7) is -0.185. The third kappa shape index (κ3) is 5.34. The number of hydrogen-bond donors (Lipinski definition) is 1. The molecule has 31 heavy (non-hydrogen) atoms. The van der Waals surface area contributed by atoms with E-state index in [1.54, 1.807) is 30.9 Å². The van der Waals surface area contributed by atoms with Crippen molar-refractivity contribution in [1.82, 2.24) is 14.9 Å². The maximum atomic E-state index is 12.7. The van der Waals surface area contributed by atoms with Crippen molar-refractivity contribution < 1.29 is 22.7 Å². The SMILES string of the molecule is COc1ccc(OC)c(N(CC(=O)NCc2ccccc2-n2ccnc2)S(C)(=O)=O)c1. The summed E-state index contributed by atoms with van der Waals surface area (Å²) in [6, 6.07) is 12.3. The van der Waals surface area contributed by atoms with Crippen LogP contribution in [0, 0.1) is 0 Å². The molecule has 0 fully saturated rings. The second kappa shape index (κ2) is 9.52. The van der Waals surface area contributed by atoms with Crippen molar-refractivity contribution in [3.05, 3.63) is 66.7 Å². The Morgan fingerprint density at radius 2 is 1.94 bits per heavy atom. The van der Waals surface area contributed by atoms with Crippen LogP contribution in [0.3, 0.4) is 0 Å². The summed E-state index contributed by atoms with van der Waals surface area (Å²) in [6.07, 6.45) is 6.18. The minimum atomic E-state index is -3.77. The zero-order chi connectivity index (χ0) is 22.4. The Morgan fingerprint density at radius 1 is 1.16 bits per heavy atom. The molecule has 164 valence electrons. The summed E-state index contributed by atoms with van der Waals surface area (Å²) in [5.41, 5.74) is 1.95. The molecule has 3 aromatic rings. The summed E-state index contributed by atoms with van der Waals surface area (Å²) >= 11 is 0. The zero-order valence-corrected chi connectivity index (χ0v) is 18.3. The second-order valence-electron chi connectivity index (χ2n) is 6.68. The van der Waals surface area contributed by atoms with Crippen LogP contribution in [0.2, 0.25) is 0 Å². The molecule has 0 aliphatic heterocycles. The highest BCUT2D eigenvalue weighted by Gasteiger charge is 2.24. The van der Waals surface area contributed by atoms with Gasteiger partial charge in [-0.3, -0.25) is 9.10 Å². The van der Waals surface area contributed by atoms with Crippen LogP contribution in [0.4, 0.5) is 5.69 Å². The number of benzene rings is 2. The Kier molecular flexibility index (Phi) is 6.81. The molecule has 1 heterocycles. The van der Waals surface area contributed by atoms with E-state index < -0.39 is 22.5 Å². The van der Waals surface area contributed by atoms with Crippen LogP contribution in [-0.2, 0) is 21.4 Å². The Hall–Kier alpha value is -3.53. The van der Waals surface area contributed by atoms with Gasteiger partial charge in [-0.05, 0) is 23.8 Å². The van der Waals surface area contributed by atoms with E-state index in [0.717, 1.165) is 21.8 Å². The number of imidazole rings is 1. The van der Waals surface area contributed by atoms with Gasteiger partial charge in [0, 0.05) is 25.0 Å². The average molecular weight is 445 g/mol. The third-order valence-corrected chi connectivity index (χ3v) is 5.72. The molecule has 0 saturated carbocycles. The number of nitrogens with zero attached hydrogens (tertiary/aromatic N) is 3. The molecule has 0 spiro atoms. The Bertz CT molecular complexity index is 1150. The van der Waals surface area contributed by atoms with Crippen molar-refractivity contribution >= 4 is 21.6 Å². The molecule has 0 radical (unpaired) electrons. The van der Waals surface area contributed by atoms with Gasteiger partial charge in [0.25, 0.3) is 0 Å². The predicted octanol–water partition coefficient (Wildman–Crippen LogP) is 1.97. The molecule has 1 aromatic heterocycles. The molecule has 0 bridgehead atoms. The molecule has 2 aromatic carbocycles. The first-order valence-electron chi connectivity index (χ1n) is 9.36. The third-order valence-electron chi connectivity index (χ3n) is 4.59. The number of methoxy groups -OCH3 is 2. The van der Waals surface area contributed by atoms with Gasteiger partial charge in [0.15, 0.2) is 0 Å². The molecule has 0 atom stereocenters. The Labute approximate surface area is 181 Å². The fourth-order valence-corrected chi connectivity index (χ4v) is 3.92. The summed E-state index contributed by atoms with van der Waals surface area (Å²) in [5, 5.41) is 2.79. The number of carbonyl (C=O) groups excluding carboxylic acids is 1. The van der Waals surface area contributed by atoms with Gasteiger partial charge in [-0.1, -0.05) is 18.2 Å². The topological polar surface area (TPSA) is 103 Å². The molecular weight excluding hydrogens is 420 g/mol. The largest absolute Gasteiger partial charge is 0.497 e. The molecular formula is C21H24N4O5S. The summed E-state index contributed by atoms with van der Waals surface area (Å²) in [5.74, 6) is 0.291. The van der Waals surface area contributed by atoms with Crippen LogP contribution in [-0.4, -0.2) is 50.9 Å². The van der Waals surface area contributed by atoms with Crippen molar-refractivity contribution in [3.63, 3.8) is 0 Å². The number of anilines is 1. The van der Waals surface area contributed by atoms with E-state index in [9.17, 15) is 13.2 Å². The molecule has 3 rings (SSSR count). The van der Waals surface area contributed by atoms with E-state index in [0.29, 0.717) is 11.5 Å². The maximum Gasteiger partial charge on any atom is 0.241 e. The first-order chi connectivity index (χ1) is 14.8. The van der Waals surface area contributed by atoms with Crippen molar-refractivity contribution in [2.24, 2.45) is 0 Å².